The van der Waals surface area contributed by atoms with Crippen molar-refractivity contribution in [3.63, 3.8) is 0 Å². The quantitative estimate of drug-likeness (QED) is 0.697. The number of hydrogen-bond donors (Lipinski definition) is 2. The largest absolute Gasteiger partial charge is 0.451 e. The van der Waals surface area contributed by atoms with Gasteiger partial charge in [-0.3, -0.25) is 9.59 Å². The number of anilines is 1. The van der Waals surface area contributed by atoms with Crippen molar-refractivity contribution in [1.29, 1.82) is 0 Å². The lowest BCUT2D eigenvalue weighted by molar-refractivity contribution is -0.114. The maximum atomic E-state index is 12.3. The molecule has 0 fully saturated rings. The first kappa shape index (κ1) is 17.8. The first-order valence-corrected chi connectivity index (χ1v) is 8.40. The Morgan fingerprint density at radius 2 is 1.85 bits per heavy atom. The van der Waals surface area contributed by atoms with Gasteiger partial charge in [-0.05, 0) is 42.0 Å². The summed E-state index contributed by atoms with van der Waals surface area (Å²) in [5.74, 6) is 0.272. The second kappa shape index (κ2) is 7.89. The van der Waals surface area contributed by atoms with Crippen molar-refractivity contribution >= 4 is 29.1 Å². The van der Waals surface area contributed by atoms with Gasteiger partial charge >= 0.3 is 0 Å². The Morgan fingerprint density at radius 1 is 1.04 bits per heavy atom. The van der Waals surface area contributed by atoms with E-state index in [1.807, 2.05) is 30.3 Å². The SMILES string of the molecule is CC(=O)Nc1cccc(CNC(=O)c2ccc(-c3ccccc3Cl)o2)c1. The van der Waals surface area contributed by atoms with Crippen LogP contribution in [-0.2, 0) is 11.3 Å². The van der Waals surface area contributed by atoms with Crippen LogP contribution in [0.15, 0.2) is 65.1 Å². The Morgan fingerprint density at radius 3 is 2.62 bits per heavy atom. The molecule has 2 aromatic carbocycles. The predicted octanol–water partition coefficient (Wildman–Crippen LogP) is 4.49. The van der Waals surface area contributed by atoms with Gasteiger partial charge in [0.15, 0.2) is 5.76 Å². The van der Waals surface area contributed by atoms with E-state index in [2.05, 4.69) is 10.6 Å². The van der Waals surface area contributed by atoms with Crippen molar-refractivity contribution in [1.82, 2.24) is 5.32 Å². The van der Waals surface area contributed by atoms with E-state index < -0.39 is 0 Å². The fourth-order valence-electron chi connectivity index (χ4n) is 2.50. The number of carbonyl (C=O) groups is 2. The molecule has 26 heavy (non-hydrogen) atoms. The third kappa shape index (κ3) is 4.32. The van der Waals surface area contributed by atoms with Gasteiger partial charge in [-0.25, -0.2) is 0 Å². The van der Waals surface area contributed by atoms with Crippen LogP contribution in [0.25, 0.3) is 11.3 Å². The van der Waals surface area contributed by atoms with Gasteiger partial charge in [0.2, 0.25) is 5.91 Å². The van der Waals surface area contributed by atoms with Gasteiger partial charge in [0.1, 0.15) is 5.76 Å². The van der Waals surface area contributed by atoms with Crippen molar-refractivity contribution in [3.05, 3.63) is 77.0 Å². The maximum Gasteiger partial charge on any atom is 0.287 e. The van der Waals surface area contributed by atoms with E-state index in [0.29, 0.717) is 23.0 Å². The smallest absolute Gasteiger partial charge is 0.287 e. The molecule has 1 aromatic heterocycles. The third-order valence-electron chi connectivity index (χ3n) is 3.67. The minimum atomic E-state index is -0.326. The van der Waals surface area contributed by atoms with Crippen LogP contribution >= 0.6 is 11.6 Å². The van der Waals surface area contributed by atoms with Crippen molar-refractivity contribution in [2.24, 2.45) is 0 Å². The normalized spacial score (nSPS) is 10.4. The molecule has 0 bridgehead atoms. The van der Waals surface area contributed by atoms with E-state index in [-0.39, 0.29) is 17.6 Å². The van der Waals surface area contributed by atoms with Crippen LogP contribution in [0.2, 0.25) is 5.02 Å². The highest BCUT2D eigenvalue weighted by atomic mass is 35.5. The number of amides is 2. The molecule has 0 atom stereocenters. The molecular weight excluding hydrogens is 352 g/mol. The van der Waals surface area contributed by atoms with Gasteiger partial charge in [0.05, 0.1) is 5.02 Å². The van der Waals surface area contributed by atoms with E-state index >= 15 is 0 Å². The number of benzene rings is 2. The molecule has 0 radical (unpaired) electrons. The van der Waals surface area contributed by atoms with Gasteiger partial charge in [0, 0.05) is 24.7 Å². The van der Waals surface area contributed by atoms with Crippen molar-refractivity contribution in [3.8, 4) is 11.3 Å². The monoisotopic (exact) mass is 368 g/mol. The first-order chi connectivity index (χ1) is 12.5. The fourth-order valence-corrected chi connectivity index (χ4v) is 2.73. The second-order valence-electron chi connectivity index (χ2n) is 5.71. The molecule has 2 N–H and O–H groups in total. The molecule has 0 unspecified atom stereocenters. The predicted molar refractivity (Wildman–Crippen MR) is 101 cm³/mol. The molecule has 6 heteroatoms. The summed E-state index contributed by atoms with van der Waals surface area (Å²) >= 11 is 6.15. The van der Waals surface area contributed by atoms with E-state index in [9.17, 15) is 9.59 Å². The molecule has 132 valence electrons. The average molecular weight is 369 g/mol. The van der Waals surface area contributed by atoms with Gasteiger partial charge in [0.25, 0.3) is 5.91 Å². The van der Waals surface area contributed by atoms with Crippen LogP contribution in [0.3, 0.4) is 0 Å². The van der Waals surface area contributed by atoms with Crippen LogP contribution in [0.5, 0.6) is 0 Å². The van der Waals surface area contributed by atoms with E-state index in [4.69, 9.17) is 16.0 Å². The highest BCUT2D eigenvalue weighted by molar-refractivity contribution is 6.33. The van der Waals surface area contributed by atoms with Gasteiger partial charge in [-0.15, -0.1) is 0 Å². The summed E-state index contributed by atoms with van der Waals surface area (Å²) in [6.07, 6.45) is 0. The molecule has 3 rings (SSSR count). The maximum absolute atomic E-state index is 12.3. The Balaban J connectivity index is 1.66. The summed E-state index contributed by atoms with van der Waals surface area (Å²) in [4.78, 5) is 23.4. The number of halogens is 1. The molecular formula is C20H17ClN2O3. The summed E-state index contributed by atoms with van der Waals surface area (Å²) in [5, 5.41) is 6.06. The standard InChI is InChI=1S/C20H17ClN2O3/c1-13(24)23-15-6-4-5-14(11-15)12-22-20(25)19-10-9-18(26-19)16-7-2-3-8-17(16)21/h2-11H,12H2,1H3,(H,22,25)(H,23,24). The topological polar surface area (TPSA) is 71.3 Å². The first-order valence-electron chi connectivity index (χ1n) is 8.02. The zero-order valence-corrected chi connectivity index (χ0v) is 14.8. The molecule has 2 amide bonds. The van der Waals surface area contributed by atoms with Crippen molar-refractivity contribution in [2.45, 2.75) is 13.5 Å². The lowest BCUT2D eigenvalue weighted by atomic mass is 10.2. The lowest BCUT2D eigenvalue weighted by Crippen LogP contribution is -2.22. The number of rotatable bonds is 5. The Hall–Kier alpha value is -3.05. The van der Waals surface area contributed by atoms with Crippen LogP contribution in [0, 0.1) is 0 Å². The highest BCUT2D eigenvalue weighted by Gasteiger charge is 2.13. The summed E-state index contributed by atoms with van der Waals surface area (Å²) in [6.45, 7) is 1.76. The number of carbonyl (C=O) groups excluding carboxylic acids is 2. The molecule has 0 aliphatic carbocycles. The molecule has 0 saturated carbocycles. The summed E-state index contributed by atoms with van der Waals surface area (Å²) in [7, 11) is 0. The van der Waals surface area contributed by atoms with Crippen molar-refractivity contribution < 1.29 is 14.0 Å². The molecule has 0 aliphatic rings. The van der Waals surface area contributed by atoms with Crippen LogP contribution in [0.1, 0.15) is 23.0 Å². The summed E-state index contributed by atoms with van der Waals surface area (Å²) in [6, 6.07) is 17.9. The van der Waals surface area contributed by atoms with Gasteiger partial charge in [-0.2, -0.15) is 0 Å². The zero-order valence-electron chi connectivity index (χ0n) is 14.1. The highest BCUT2D eigenvalue weighted by Crippen LogP contribution is 2.29. The minimum absolute atomic E-state index is 0.145. The Bertz CT molecular complexity index is 949. The Kier molecular flexibility index (Phi) is 5.39. The molecule has 0 saturated heterocycles. The van der Waals surface area contributed by atoms with Gasteiger partial charge in [-0.1, -0.05) is 35.9 Å². The summed E-state index contributed by atoms with van der Waals surface area (Å²) in [5.41, 5.74) is 2.28. The van der Waals surface area contributed by atoms with Crippen LogP contribution < -0.4 is 10.6 Å². The molecule has 5 nitrogen and oxygen atoms in total. The van der Waals surface area contributed by atoms with Gasteiger partial charge < -0.3 is 15.1 Å². The minimum Gasteiger partial charge on any atom is -0.451 e. The lowest BCUT2D eigenvalue weighted by Gasteiger charge is -2.07. The van der Waals surface area contributed by atoms with E-state index in [1.165, 1.54) is 6.92 Å². The van der Waals surface area contributed by atoms with Crippen LogP contribution in [0.4, 0.5) is 5.69 Å². The fraction of sp³-hybridized carbons (Fsp3) is 0.100. The third-order valence-corrected chi connectivity index (χ3v) is 4.00. The van der Waals surface area contributed by atoms with E-state index in [0.717, 1.165) is 11.1 Å². The molecule has 0 spiro atoms. The van der Waals surface area contributed by atoms with E-state index in [1.54, 1.807) is 30.3 Å². The van der Waals surface area contributed by atoms with Crippen molar-refractivity contribution in [2.75, 3.05) is 5.32 Å². The van der Waals surface area contributed by atoms with Crippen LogP contribution in [-0.4, -0.2) is 11.8 Å². The molecule has 0 aliphatic heterocycles. The second-order valence-corrected chi connectivity index (χ2v) is 6.12. The molecule has 1 heterocycles. The number of nitrogens with one attached hydrogen (secondary N) is 2. The number of furan rings is 1. The average Bonchev–Trinajstić information content (AvgIpc) is 3.10. The zero-order chi connectivity index (χ0) is 18.5. The summed E-state index contributed by atoms with van der Waals surface area (Å²) < 4.78 is 5.62. The Labute approximate surface area is 156 Å². The molecule has 3 aromatic rings. The number of hydrogen-bond acceptors (Lipinski definition) is 3.